The molecule has 1 saturated heterocycles. The molecular weight excluding hydrogens is 254 g/mol. The Morgan fingerprint density at radius 2 is 1.70 bits per heavy atom. The molecule has 1 aromatic rings. The van der Waals surface area contributed by atoms with Gasteiger partial charge in [0.15, 0.2) is 11.6 Å². The Balaban J connectivity index is 1.96. The Morgan fingerprint density at radius 1 is 1.10 bits per heavy atom. The van der Waals surface area contributed by atoms with Gasteiger partial charge in [-0.3, -0.25) is 0 Å². The summed E-state index contributed by atoms with van der Waals surface area (Å²) in [6.07, 6.45) is -0.0760. The van der Waals surface area contributed by atoms with Crippen LogP contribution in [0.4, 0.5) is 8.78 Å². The first-order valence-corrected chi connectivity index (χ1v) is 6.98. The van der Waals surface area contributed by atoms with E-state index in [1.54, 1.807) is 0 Å². The lowest BCUT2D eigenvalue weighted by atomic mass is 9.26. The summed E-state index contributed by atoms with van der Waals surface area (Å²) in [6.45, 7) is 1.47. The van der Waals surface area contributed by atoms with Crippen LogP contribution in [0.2, 0.25) is 5.11 Å². The Kier molecular flexibility index (Phi) is 4.02. The second-order valence-corrected chi connectivity index (χ2v) is 7.01. The Bertz CT molecular complexity index is 502. The highest BCUT2D eigenvalue weighted by Crippen LogP contribution is 2.33. The van der Waals surface area contributed by atoms with Crippen LogP contribution in [0.25, 0.3) is 0 Å². The molecule has 0 aromatic heterocycles. The van der Waals surface area contributed by atoms with E-state index in [-0.39, 0.29) is 22.3 Å². The minimum atomic E-state index is -0.902. The van der Waals surface area contributed by atoms with Gasteiger partial charge in [0, 0.05) is 13.1 Å². The van der Waals surface area contributed by atoms with E-state index in [2.05, 4.69) is 44.1 Å². The van der Waals surface area contributed by atoms with E-state index >= 15 is 0 Å². The van der Waals surface area contributed by atoms with Crippen molar-refractivity contribution in [1.82, 2.24) is 4.90 Å². The molecular formula is C11H18B5F2NO. The third-order valence-electron chi connectivity index (χ3n) is 4.68. The molecule has 1 aliphatic rings. The second-order valence-electron chi connectivity index (χ2n) is 7.01. The normalized spacial score (nSPS) is 17.7. The molecule has 2 nitrogen and oxygen atoms in total. The van der Waals surface area contributed by atoms with Crippen LogP contribution in [-0.2, 0) is 0 Å². The topological polar surface area (TPSA) is 12.5 Å². The molecule has 2 rings (SSSR count). The zero-order chi connectivity index (χ0) is 15.1. The van der Waals surface area contributed by atoms with E-state index in [0.29, 0.717) is 0 Å². The van der Waals surface area contributed by atoms with Crippen LogP contribution in [-0.4, -0.2) is 68.7 Å². The highest BCUT2D eigenvalue weighted by atomic mass is 19.2. The Labute approximate surface area is 123 Å². The molecule has 0 spiro atoms. The van der Waals surface area contributed by atoms with Gasteiger partial charge in [0.05, 0.1) is 23.5 Å². The van der Waals surface area contributed by atoms with E-state index in [4.69, 9.17) is 4.74 Å². The van der Waals surface area contributed by atoms with Crippen molar-refractivity contribution in [1.29, 1.82) is 0 Å². The number of rotatable bonds is 4. The van der Waals surface area contributed by atoms with Gasteiger partial charge in [0.1, 0.15) is 21.8 Å². The van der Waals surface area contributed by atoms with Crippen LogP contribution in [0.5, 0.6) is 5.75 Å². The zero-order valence-electron chi connectivity index (χ0n) is 12.8. The van der Waals surface area contributed by atoms with Gasteiger partial charge >= 0.3 is 0 Å². The summed E-state index contributed by atoms with van der Waals surface area (Å²) in [5.74, 6) is -1.77. The van der Waals surface area contributed by atoms with E-state index in [9.17, 15) is 8.78 Å². The minimum absolute atomic E-state index is 0.00298. The molecule has 0 aliphatic carbocycles. The molecule has 0 radical (unpaired) electrons. The summed E-state index contributed by atoms with van der Waals surface area (Å²) < 4.78 is 32.2. The van der Waals surface area contributed by atoms with Crippen molar-refractivity contribution in [2.24, 2.45) is 0 Å². The summed E-state index contributed by atoms with van der Waals surface area (Å²) in [7, 11) is 11.0. The van der Waals surface area contributed by atoms with Crippen LogP contribution in [0, 0.1) is 11.6 Å². The fourth-order valence-corrected chi connectivity index (χ4v) is 2.20. The van der Waals surface area contributed by atoms with Gasteiger partial charge in [-0.2, -0.15) is 4.39 Å². The van der Waals surface area contributed by atoms with E-state index in [1.165, 1.54) is 12.1 Å². The molecule has 20 heavy (non-hydrogen) atoms. The van der Waals surface area contributed by atoms with Crippen LogP contribution >= 0.6 is 0 Å². The van der Waals surface area contributed by atoms with E-state index in [1.807, 2.05) is 0 Å². The molecule has 1 fully saturated rings. The largest absolute Gasteiger partial charge is 0.485 e. The Hall–Kier alpha value is -0.835. The molecule has 0 unspecified atom stereocenters. The van der Waals surface area contributed by atoms with Gasteiger partial charge in [-0.1, -0.05) is 11.4 Å². The minimum Gasteiger partial charge on any atom is -0.485 e. The molecule has 1 aromatic carbocycles. The number of likely N-dealkylation sites (tertiary alicyclic amines) is 1. The zero-order valence-corrected chi connectivity index (χ0v) is 12.8. The van der Waals surface area contributed by atoms with Crippen LogP contribution in [0.15, 0.2) is 18.2 Å². The second kappa shape index (κ2) is 5.17. The standard InChI is InChI=1S/C11H18B5F2NO/c12-10(13,14)11(15,16)19-4-6(5-19)20-8-3-1-2-7(17)9(8)18/h1-3,6H,4-5,12-16H2. The van der Waals surface area contributed by atoms with E-state index < -0.39 is 11.6 Å². The molecule has 0 amide bonds. The van der Waals surface area contributed by atoms with Crippen LogP contribution < -0.4 is 4.74 Å². The summed E-state index contributed by atoms with van der Waals surface area (Å²) in [6, 6.07) is 4.03. The van der Waals surface area contributed by atoms with Gasteiger partial charge in [-0.25, -0.2) is 4.39 Å². The smallest absolute Gasteiger partial charge is 0.200 e. The summed E-state index contributed by atoms with van der Waals surface area (Å²) >= 11 is 0. The predicted molar refractivity (Wildman–Crippen MR) is 90.5 cm³/mol. The number of nitrogens with zero attached hydrogens (tertiary/aromatic N) is 1. The molecule has 0 saturated carbocycles. The van der Waals surface area contributed by atoms with Crippen molar-refractivity contribution in [3.8, 4) is 5.75 Å². The molecule has 9 heteroatoms. The Morgan fingerprint density at radius 3 is 2.25 bits per heavy atom. The van der Waals surface area contributed by atoms with Crippen molar-refractivity contribution >= 4 is 39.2 Å². The summed E-state index contributed by atoms with van der Waals surface area (Å²) in [5.41, 5.74) is 0. The van der Waals surface area contributed by atoms with Gasteiger partial charge in [0.2, 0.25) is 5.82 Å². The highest BCUT2D eigenvalue weighted by Gasteiger charge is 2.44. The predicted octanol–water partition coefficient (Wildman–Crippen LogP) is -3.08. The lowest BCUT2D eigenvalue weighted by Crippen LogP contribution is -2.69. The van der Waals surface area contributed by atoms with Crippen molar-refractivity contribution < 1.29 is 13.5 Å². The lowest BCUT2D eigenvalue weighted by molar-refractivity contribution is -0.00270. The first kappa shape index (κ1) is 15.6. The molecule has 0 atom stereocenters. The van der Waals surface area contributed by atoms with Crippen molar-refractivity contribution in [3.05, 3.63) is 29.8 Å². The number of benzene rings is 1. The first-order chi connectivity index (χ1) is 9.13. The molecule has 102 valence electrons. The van der Waals surface area contributed by atoms with Crippen molar-refractivity contribution in [3.63, 3.8) is 0 Å². The molecule has 0 bridgehead atoms. The fourth-order valence-electron chi connectivity index (χ4n) is 2.20. The van der Waals surface area contributed by atoms with Crippen molar-refractivity contribution in [2.75, 3.05) is 13.1 Å². The average Bonchev–Trinajstić information content (AvgIpc) is 2.26. The van der Waals surface area contributed by atoms with Gasteiger partial charge in [-0.15, -0.1) is 5.11 Å². The van der Waals surface area contributed by atoms with Crippen LogP contribution in [0.1, 0.15) is 0 Å². The van der Waals surface area contributed by atoms with Crippen molar-refractivity contribution in [2.45, 2.75) is 16.6 Å². The van der Waals surface area contributed by atoms with Gasteiger partial charge < -0.3 is 9.64 Å². The third kappa shape index (κ3) is 2.78. The number of ether oxygens (including phenoxy) is 1. The third-order valence-corrected chi connectivity index (χ3v) is 4.68. The number of halogens is 2. The molecule has 0 N–H and O–H groups in total. The maximum Gasteiger partial charge on any atom is 0.200 e. The molecule has 1 heterocycles. The van der Waals surface area contributed by atoms with E-state index in [0.717, 1.165) is 19.2 Å². The lowest BCUT2D eigenvalue weighted by Gasteiger charge is -2.55. The number of hydrogen-bond acceptors (Lipinski definition) is 2. The number of hydrogen-bond donors (Lipinski definition) is 0. The monoisotopic (exact) mass is 273 g/mol. The summed E-state index contributed by atoms with van der Waals surface area (Å²) in [4.78, 5) is 2.31. The first-order valence-electron chi connectivity index (χ1n) is 6.98. The van der Waals surface area contributed by atoms with Gasteiger partial charge in [-0.05, 0) is 12.1 Å². The average molecular weight is 272 g/mol. The summed E-state index contributed by atoms with van der Waals surface area (Å²) in [5, 5.41) is 0.176. The molecule has 1 aliphatic heterocycles. The van der Waals surface area contributed by atoms with Gasteiger partial charge in [0.25, 0.3) is 0 Å². The highest BCUT2D eigenvalue weighted by molar-refractivity contribution is 6.67. The fraction of sp³-hybridized carbons (Fsp3) is 0.455. The maximum atomic E-state index is 13.5. The van der Waals surface area contributed by atoms with Crippen LogP contribution in [0.3, 0.4) is 0 Å². The SMILES string of the molecule is BC(B)(B)C(B)(B)N1CC(Oc2cccc(F)c2F)C1. The maximum absolute atomic E-state index is 13.5. The quantitative estimate of drug-likeness (QED) is 0.539.